The van der Waals surface area contributed by atoms with Gasteiger partial charge in [-0.15, -0.1) is 0 Å². The van der Waals surface area contributed by atoms with E-state index in [1.807, 2.05) is 36.4 Å². The SMILES string of the molecule is O=C(O)C1(c2ccc(-c3ccccc3Br)cc2)CC1(Cl)Cl. The summed E-state index contributed by atoms with van der Waals surface area (Å²) >= 11 is 15.6. The van der Waals surface area contributed by atoms with E-state index in [9.17, 15) is 9.90 Å². The molecule has 1 saturated carbocycles. The topological polar surface area (TPSA) is 37.3 Å². The van der Waals surface area contributed by atoms with Crippen molar-refractivity contribution in [1.29, 1.82) is 0 Å². The normalized spacial score (nSPS) is 22.8. The standard InChI is InChI=1S/C16H11BrCl2O2/c17-13-4-2-1-3-12(13)10-5-7-11(8-6-10)15(14(20)21)9-16(15,18)19/h1-8H,9H2,(H,20,21). The van der Waals surface area contributed by atoms with Crippen molar-refractivity contribution in [3.05, 3.63) is 58.6 Å². The second-order valence-electron chi connectivity index (χ2n) is 5.15. The van der Waals surface area contributed by atoms with Crippen LogP contribution >= 0.6 is 39.1 Å². The second-order valence-corrected chi connectivity index (χ2v) is 7.49. The van der Waals surface area contributed by atoms with Crippen LogP contribution in [0.15, 0.2) is 53.0 Å². The molecule has 2 nitrogen and oxygen atoms in total. The molecule has 108 valence electrons. The van der Waals surface area contributed by atoms with Gasteiger partial charge in [-0.1, -0.05) is 81.6 Å². The first-order chi connectivity index (χ1) is 9.88. The number of benzene rings is 2. The molecule has 0 aliphatic heterocycles. The number of rotatable bonds is 3. The summed E-state index contributed by atoms with van der Waals surface area (Å²) in [5.74, 6) is -0.985. The molecule has 1 aliphatic carbocycles. The van der Waals surface area contributed by atoms with Gasteiger partial charge in [-0.2, -0.15) is 0 Å². The van der Waals surface area contributed by atoms with Gasteiger partial charge in [0.25, 0.3) is 0 Å². The lowest BCUT2D eigenvalue weighted by Crippen LogP contribution is -2.26. The van der Waals surface area contributed by atoms with Crippen molar-refractivity contribution in [2.75, 3.05) is 0 Å². The third kappa shape index (κ3) is 2.28. The van der Waals surface area contributed by atoms with Crippen LogP contribution in [0.25, 0.3) is 11.1 Å². The summed E-state index contributed by atoms with van der Waals surface area (Å²) in [7, 11) is 0. The minimum absolute atomic E-state index is 0.229. The predicted molar refractivity (Wildman–Crippen MR) is 87.9 cm³/mol. The highest BCUT2D eigenvalue weighted by atomic mass is 79.9. The first-order valence-electron chi connectivity index (χ1n) is 6.35. The molecule has 0 aromatic heterocycles. The zero-order valence-corrected chi connectivity index (χ0v) is 13.9. The fraction of sp³-hybridized carbons (Fsp3) is 0.188. The van der Waals surface area contributed by atoms with Gasteiger partial charge in [0.05, 0.1) is 0 Å². The third-order valence-electron chi connectivity index (χ3n) is 3.91. The van der Waals surface area contributed by atoms with E-state index in [-0.39, 0.29) is 6.42 Å². The molecule has 1 N–H and O–H groups in total. The number of hydrogen-bond donors (Lipinski definition) is 1. The first kappa shape index (κ1) is 14.9. The molecular formula is C16H11BrCl2O2. The Kier molecular flexibility index (Phi) is 3.55. The van der Waals surface area contributed by atoms with E-state index in [1.54, 1.807) is 12.1 Å². The van der Waals surface area contributed by atoms with Crippen molar-refractivity contribution in [3.63, 3.8) is 0 Å². The molecule has 0 saturated heterocycles. The Morgan fingerprint density at radius 2 is 1.67 bits per heavy atom. The molecule has 1 atom stereocenters. The molecular weight excluding hydrogens is 375 g/mol. The molecule has 0 bridgehead atoms. The van der Waals surface area contributed by atoms with E-state index in [1.165, 1.54) is 0 Å². The summed E-state index contributed by atoms with van der Waals surface area (Å²) < 4.78 is -0.241. The van der Waals surface area contributed by atoms with E-state index < -0.39 is 15.7 Å². The lowest BCUT2D eigenvalue weighted by Gasteiger charge is -2.14. The van der Waals surface area contributed by atoms with Gasteiger partial charge in [-0.25, -0.2) is 0 Å². The zero-order valence-electron chi connectivity index (χ0n) is 10.8. The smallest absolute Gasteiger partial charge is 0.317 e. The van der Waals surface area contributed by atoms with Gasteiger partial charge in [0.1, 0.15) is 9.75 Å². The van der Waals surface area contributed by atoms with E-state index in [0.717, 1.165) is 15.6 Å². The minimum atomic E-state index is -1.23. The summed E-state index contributed by atoms with van der Waals surface area (Å²) in [4.78, 5) is 11.5. The number of alkyl halides is 2. The van der Waals surface area contributed by atoms with Gasteiger partial charge in [0.2, 0.25) is 0 Å². The van der Waals surface area contributed by atoms with Crippen LogP contribution in [0.3, 0.4) is 0 Å². The highest BCUT2D eigenvalue weighted by Gasteiger charge is 2.72. The number of carboxylic acids is 1. The maximum Gasteiger partial charge on any atom is 0.317 e. The lowest BCUT2D eigenvalue weighted by molar-refractivity contribution is -0.140. The van der Waals surface area contributed by atoms with Crippen molar-refractivity contribution in [3.8, 4) is 11.1 Å². The maximum absolute atomic E-state index is 11.5. The minimum Gasteiger partial charge on any atom is -0.480 e. The van der Waals surface area contributed by atoms with Gasteiger partial charge < -0.3 is 5.11 Å². The Morgan fingerprint density at radius 1 is 1.10 bits per heavy atom. The monoisotopic (exact) mass is 384 g/mol. The van der Waals surface area contributed by atoms with Crippen molar-refractivity contribution in [2.24, 2.45) is 0 Å². The summed E-state index contributed by atoms with van der Waals surface area (Å²) in [5, 5.41) is 9.45. The Bertz CT molecular complexity index is 712. The molecule has 0 radical (unpaired) electrons. The van der Waals surface area contributed by atoms with Gasteiger partial charge in [-0.3, -0.25) is 4.79 Å². The zero-order chi connectivity index (χ0) is 15.3. The van der Waals surface area contributed by atoms with E-state index in [2.05, 4.69) is 15.9 Å². The molecule has 2 aromatic carbocycles. The molecule has 1 aliphatic rings. The molecule has 2 aromatic rings. The average Bonchev–Trinajstić information content (AvgIpc) is 3.04. The summed E-state index contributed by atoms with van der Waals surface area (Å²) in [6, 6.07) is 15.2. The quantitative estimate of drug-likeness (QED) is 0.753. The van der Waals surface area contributed by atoms with Crippen LogP contribution in [0.5, 0.6) is 0 Å². The van der Waals surface area contributed by atoms with Crippen LogP contribution < -0.4 is 0 Å². The fourth-order valence-corrected chi connectivity index (χ4v) is 3.88. The van der Waals surface area contributed by atoms with Crippen LogP contribution in [0.2, 0.25) is 0 Å². The summed E-state index contributed by atoms with van der Waals surface area (Å²) in [6.45, 7) is 0. The highest BCUT2D eigenvalue weighted by molar-refractivity contribution is 9.10. The average molecular weight is 386 g/mol. The lowest BCUT2D eigenvalue weighted by atomic mass is 9.93. The molecule has 0 spiro atoms. The number of carbonyl (C=O) groups is 1. The van der Waals surface area contributed by atoms with Gasteiger partial charge >= 0.3 is 5.97 Å². The summed E-state index contributed by atoms with van der Waals surface area (Å²) in [5.41, 5.74) is 1.49. The van der Waals surface area contributed by atoms with Gasteiger partial charge in [-0.05, 0) is 22.8 Å². The Balaban J connectivity index is 2.00. The molecule has 1 unspecified atom stereocenters. The second kappa shape index (κ2) is 5.01. The van der Waals surface area contributed by atoms with Crippen molar-refractivity contribution in [2.45, 2.75) is 16.2 Å². The molecule has 3 rings (SSSR count). The number of carboxylic acid groups (broad SMARTS) is 1. The Labute approximate surface area is 140 Å². The molecule has 0 heterocycles. The first-order valence-corrected chi connectivity index (χ1v) is 7.90. The number of halogens is 3. The third-order valence-corrected chi connectivity index (χ3v) is 5.52. The van der Waals surface area contributed by atoms with E-state index >= 15 is 0 Å². The van der Waals surface area contributed by atoms with Crippen molar-refractivity contribution in [1.82, 2.24) is 0 Å². The Hall–Kier alpha value is -1.03. The van der Waals surface area contributed by atoms with Crippen LogP contribution in [0, 0.1) is 0 Å². The van der Waals surface area contributed by atoms with E-state index in [0.29, 0.717) is 5.56 Å². The number of hydrogen-bond acceptors (Lipinski definition) is 1. The molecule has 1 fully saturated rings. The molecule has 5 heteroatoms. The highest BCUT2D eigenvalue weighted by Crippen LogP contribution is 2.65. The van der Waals surface area contributed by atoms with Gasteiger partial charge in [0.15, 0.2) is 0 Å². The van der Waals surface area contributed by atoms with Crippen molar-refractivity contribution >= 4 is 45.1 Å². The van der Waals surface area contributed by atoms with Gasteiger partial charge in [0, 0.05) is 10.9 Å². The predicted octanol–water partition coefficient (Wildman–Crippen LogP) is 5.02. The molecule has 21 heavy (non-hydrogen) atoms. The fourth-order valence-electron chi connectivity index (χ4n) is 2.59. The van der Waals surface area contributed by atoms with Crippen LogP contribution in [0.1, 0.15) is 12.0 Å². The van der Waals surface area contributed by atoms with Crippen LogP contribution in [-0.2, 0) is 10.2 Å². The Morgan fingerprint density at radius 3 is 2.14 bits per heavy atom. The number of aliphatic carboxylic acids is 1. The van der Waals surface area contributed by atoms with Crippen molar-refractivity contribution < 1.29 is 9.90 Å². The van der Waals surface area contributed by atoms with Crippen LogP contribution in [0.4, 0.5) is 0 Å². The molecule has 0 amide bonds. The van der Waals surface area contributed by atoms with E-state index in [4.69, 9.17) is 23.2 Å². The largest absolute Gasteiger partial charge is 0.480 e. The summed E-state index contributed by atoms with van der Waals surface area (Å²) in [6.07, 6.45) is 0.229. The van der Waals surface area contributed by atoms with Crippen LogP contribution in [-0.4, -0.2) is 15.4 Å². The maximum atomic E-state index is 11.5.